The van der Waals surface area contributed by atoms with Crippen molar-refractivity contribution in [3.05, 3.63) is 90.5 Å². The number of anilines is 1. The van der Waals surface area contributed by atoms with Crippen LogP contribution in [0.1, 0.15) is 33.3 Å². The number of carbonyl (C=O) groups is 2. The predicted molar refractivity (Wildman–Crippen MR) is 153 cm³/mol. The molecule has 0 heterocycles. The Morgan fingerprint density at radius 1 is 0.872 bits per heavy atom. The van der Waals surface area contributed by atoms with Crippen molar-refractivity contribution in [1.29, 1.82) is 0 Å². The van der Waals surface area contributed by atoms with Gasteiger partial charge in [-0.2, -0.15) is 0 Å². The molecule has 3 aromatic carbocycles. The summed E-state index contributed by atoms with van der Waals surface area (Å²) in [5.74, 6) is -0.191. The summed E-state index contributed by atoms with van der Waals surface area (Å²) in [5, 5.41) is 2.86. The quantitative estimate of drug-likeness (QED) is 0.342. The summed E-state index contributed by atoms with van der Waals surface area (Å²) >= 11 is 0. The molecule has 0 bridgehead atoms. The third kappa shape index (κ3) is 8.07. The first-order valence-corrected chi connectivity index (χ1v) is 14.5. The van der Waals surface area contributed by atoms with Crippen molar-refractivity contribution in [2.24, 2.45) is 0 Å². The van der Waals surface area contributed by atoms with Crippen LogP contribution in [0.5, 0.6) is 5.75 Å². The van der Waals surface area contributed by atoms with E-state index in [9.17, 15) is 18.0 Å². The van der Waals surface area contributed by atoms with Crippen LogP contribution in [-0.4, -0.2) is 56.9 Å². The lowest BCUT2D eigenvalue weighted by Gasteiger charge is -2.32. The molecule has 0 aliphatic heterocycles. The molecule has 0 aromatic heterocycles. The smallest absolute Gasteiger partial charge is 0.264 e. The minimum absolute atomic E-state index is 0.0631. The Balaban J connectivity index is 1.96. The highest BCUT2D eigenvalue weighted by Crippen LogP contribution is 2.26. The molecule has 2 amide bonds. The number of carbonyl (C=O) groups excluding carboxylic acids is 2. The molecule has 0 aliphatic rings. The average Bonchev–Trinajstić information content (AvgIpc) is 2.93. The van der Waals surface area contributed by atoms with Gasteiger partial charge in [0.05, 0.1) is 17.2 Å². The topological polar surface area (TPSA) is 96.0 Å². The Hall–Kier alpha value is -3.85. The maximum absolute atomic E-state index is 13.8. The van der Waals surface area contributed by atoms with Crippen LogP contribution < -0.4 is 14.4 Å². The third-order valence-electron chi connectivity index (χ3n) is 6.13. The van der Waals surface area contributed by atoms with Crippen molar-refractivity contribution in [2.75, 3.05) is 24.0 Å². The number of rotatable bonds is 13. The molecule has 39 heavy (non-hydrogen) atoms. The fourth-order valence-corrected chi connectivity index (χ4v) is 5.53. The number of sulfonamides is 1. The second-order valence-corrected chi connectivity index (χ2v) is 11.3. The molecule has 9 heteroatoms. The summed E-state index contributed by atoms with van der Waals surface area (Å²) in [6, 6.07) is 23.3. The Morgan fingerprint density at radius 2 is 1.46 bits per heavy atom. The van der Waals surface area contributed by atoms with E-state index in [1.807, 2.05) is 51.1 Å². The van der Waals surface area contributed by atoms with E-state index in [2.05, 4.69) is 5.32 Å². The van der Waals surface area contributed by atoms with Gasteiger partial charge in [-0.3, -0.25) is 13.9 Å². The van der Waals surface area contributed by atoms with E-state index >= 15 is 0 Å². The van der Waals surface area contributed by atoms with Gasteiger partial charge in [0.2, 0.25) is 11.8 Å². The van der Waals surface area contributed by atoms with Crippen molar-refractivity contribution in [3.8, 4) is 5.75 Å². The van der Waals surface area contributed by atoms with Crippen LogP contribution in [0.4, 0.5) is 5.69 Å². The van der Waals surface area contributed by atoms with Crippen LogP contribution in [0.25, 0.3) is 0 Å². The summed E-state index contributed by atoms with van der Waals surface area (Å²) in [4.78, 5) is 28.3. The molecule has 0 saturated heterocycles. The standard InChI is InChI=1S/C30H37N3O5S/c1-5-38-27-18-16-26(17-19-27)33(39(36,37)28-14-10-7-11-15-28)22-29(34)32(24(4)30(35)31-23(2)3)21-20-25-12-8-6-9-13-25/h6-19,23-24H,5,20-22H2,1-4H3,(H,31,35)/t24-/m0/s1. The fourth-order valence-electron chi connectivity index (χ4n) is 4.10. The van der Waals surface area contributed by atoms with Crippen molar-refractivity contribution in [2.45, 2.75) is 51.1 Å². The lowest BCUT2D eigenvalue weighted by molar-refractivity contribution is -0.139. The first-order chi connectivity index (χ1) is 18.6. The van der Waals surface area contributed by atoms with Crippen LogP contribution in [0, 0.1) is 0 Å². The Morgan fingerprint density at radius 3 is 2.03 bits per heavy atom. The van der Waals surface area contributed by atoms with Gasteiger partial charge in [0, 0.05) is 12.6 Å². The van der Waals surface area contributed by atoms with Crippen LogP contribution >= 0.6 is 0 Å². The Kier molecular flexibility index (Phi) is 10.5. The minimum atomic E-state index is -4.10. The van der Waals surface area contributed by atoms with Crippen molar-refractivity contribution in [3.63, 3.8) is 0 Å². The number of ether oxygens (including phenoxy) is 1. The van der Waals surface area contributed by atoms with Gasteiger partial charge >= 0.3 is 0 Å². The van der Waals surface area contributed by atoms with E-state index in [-0.39, 0.29) is 23.4 Å². The lowest BCUT2D eigenvalue weighted by Crippen LogP contribution is -2.53. The van der Waals surface area contributed by atoms with Crippen molar-refractivity contribution >= 4 is 27.5 Å². The van der Waals surface area contributed by atoms with Gasteiger partial charge in [0.15, 0.2) is 0 Å². The normalized spacial score (nSPS) is 12.0. The third-order valence-corrected chi connectivity index (χ3v) is 7.92. The second-order valence-electron chi connectivity index (χ2n) is 9.41. The molecule has 0 fully saturated rings. The fraction of sp³-hybridized carbons (Fsp3) is 0.333. The summed E-state index contributed by atoms with van der Waals surface area (Å²) in [6.07, 6.45) is 0.514. The van der Waals surface area contributed by atoms with E-state index < -0.39 is 28.5 Å². The summed E-state index contributed by atoms with van der Waals surface area (Å²) in [5.41, 5.74) is 1.32. The van der Waals surface area contributed by atoms with E-state index in [1.165, 1.54) is 17.0 Å². The van der Waals surface area contributed by atoms with Crippen LogP contribution in [-0.2, 0) is 26.0 Å². The summed E-state index contributed by atoms with van der Waals surface area (Å²) < 4.78 is 34.1. The van der Waals surface area contributed by atoms with Gasteiger partial charge in [-0.15, -0.1) is 0 Å². The zero-order valence-corrected chi connectivity index (χ0v) is 23.7. The van der Waals surface area contributed by atoms with Crippen LogP contribution in [0.15, 0.2) is 89.8 Å². The molecule has 1 N–H and O–H groups in total. The number of amides is 2. The Labute approximate surface area is 231 Å². The van der Waals surface area contributed by atoms with Gasteiger partial charge in [-0.05, 0) is 76.1 Å². The van der Waals surface area contributed by atoms with E-state index in [0.717, 1.165) is 9.87 Å². The van der Waals surface area contributed by atoms with Crippen LogP contribution in [0.2, 0.25) is 0 Å². The highest BCUT2D eigenvalue weighted by Gasteiger charge is 2.32. The van der Waals surface area contributed by atoms with Gasteiger partial charge in [-0.25, -0.2) is 8.42 Å². The molecular formula is C30H37N3O5S. The second kappa shape index (κ2) is 13.8. The zero-order valence-electron chi connectivity index (χ0n) is 22.9. The number of benzene rings is 3. The molecule has 0 aliphatic carbocycles. The van der Waals surface area contributed by atoms with Gasteiger partial charge in [0.25, 0.3) is 10.0 Å². The molecule has 3 rings (SSSR count). The number of nitrogens with one attached hydrogen (secondary N) is 1. The first-order valence-electron chi connectivity index (χ1n) is 13.1. The SMILES string of the molecule is CCOc1ccc(N(CC(=O)N(CCc2ccccc2)[C@@H](C)C(=O)NC(C)C)S(=O)(=O)c2ccccc2)cc1. The summed E-state index contributed by atoms with van der Waals surface area (Å²) in [7, 11) is -4.10. The predicted octanol–water partition coefficient (Wildman–Crippen LogP) is 4.27. The largest absolute Gasteiger partial charge is 0.494 e. The number of nitrogens with zero attached hydrogens (tertiary/aromatic N) is 2. The molecule has 0 saturated carbocycles. The van der Waals surface area contributed by atoms with E-state index in [0.29, 0.717) is 24.5 Å². The van der Waals surface area contributed by atoms with Gasteiger partial charge in [0.1, 0.15) is 18.3 Å². The molecule has 208 valence electrons. The number of hydrogen-bond acceptors (Lipinski definition) is 5. The van der Waals surface area contributed by atoms with Gasteiger partial charge < -0.3 is 15.0 Å². The zero-order chi connectivity index (χ0) is 28.4. The molecule has 0 unspecified atom stereocenters. The van der Waals surface area contributed by atoms with E-state index in [4.69, 9.17) is 4.74 Å². The highest BCUT2D eigenvalue weighted by molar-refractivity contribution is 7.92. The maximum atomic E-state index is 13.8. The Bertz CT molecular complexity index is 1310. The highest BCUT2D eigenvalue weighted by atomic mass is 32.2. The molecule has 8 nitrogen and oxygen atoms in total. The first kappa shape index (κ1) is 29.7. The number of hydrogen-bond donors (Lipinski definition) is 1. The molecule has 0 radical (unpaired) electrons. The maximum Gasteiger partial charge on any atom is 0.264 e. The van der Waals surface area contributed by atoms with Gasteiger partial charge in [-0.1, -0.05) is 48.5 Å². The average molecular weight is 552 g/mol. The van der Waals surface area contributed by atoms with E-state index in [1.54, 1.807) is 49.4 Å². The lowest BCUT2D eigenvalue weighted by atomic mass is 10.1. The minimum Gasteiger partial charge on any atom is -0.494 e. The van der Waals surface area contributed by atoms with Crippen LogP contribution in [0.3, 0.4) is 0 Å². The molecule has 3 aromatic rings. The monoisotopic (exact) mass is 551 g/mol. The van der Waals surface area contributed by atoms with Crippen molar-refractivity contribution in [1.82, 2.24) is 10.2 Å². The summed E-state index contributed by atoms with van der Waals surface area (Å²) in [6.45, 7) is 7.46. The molecule has 1 atom stereocenters. The molecular weight excluding hydrogens is 514 g/mol. The molecule has 0 spiro atoms. The van der Waals surface area contributed by atoms with Crippen molar-refractivity contribution < 1.29 is 22.7 Å².